The molecule has 3 aromatic carbocycles. The second-order valence-corrected chi connectivity index (χ2v) is 8.94. The molecule has 0 bridgehead atoms. The number of hydrogen-bond donors (Lipinski definition) is 1. The predicted molar refractivity (Wildman–Crippen MR) is 115 cm³/mol. The topological polar surface area (TPSA) is 66.5 Å². The largest absolute Gasteiger partial charge is 0.324 e. The van der Waals surface area contributed by atoms with Gasteiger partial charge in [-0.25, -0.2) is 8.42 Å². The number of rotatable bonds is 5. The molecule has 0 radical (unpaired) electrons. The van der Waals surface area contributed by atoms with Crippen LogP contribution in [0, 0.1) is 13.8 Å². The minimum absolute atomic E-state index is 0.387. The summed E-state index contributed by atoms with van der Waals surface area (Å²) in [6.07, 6.45) is 1.12. The Kier molecular flexibility index (Phi) is 5.42. The van der Waals surface area contributed by atoms with E-state index in [9.17, 15) is 13.2 Å². The summed E-state index contributed by atoms with van der Waals surface area (Å²) in [7, 11) is -3.66. The van der Waals surface area contributed by atoms with E-state index in [1.165, 1.54) is 4.31 Å². The van der Waals surface area contributed by atoms with Crippen molar-refractivity contribution in [2.45, 2.75) is 26.8 Å². The van der Waals surface area contributed by atoms with Gasteiger partial charge in [0.25, 0.3) is 0 Å². The second kappa shape index (κ2) is 7.64. The van der Waals surface area contributed by atoms with E-state index >= 15 is 0 Å². The zero-order chi connectivity index (χ0) is 20.5. The average Bonchev–Trinajstić information content (AvgIpc) is 2.63. The van der Waals surface area contributed by atoms with Gasteiger partial charge in [0.05, 0.1) is 11.9 Å². The Hall–Kier alpha value is -2.86. The summed E-state index contributed by atoms with van der Waals surface area (Å²) in [5, 5.41) is 4.92. The number of benzene rings is 3. The van der Waals surface area contributed by atoms with E-state index in [1.807, 2.05) is 68.4 Å². The molecule has 6 heteroatoms. The lowest BCUT2D eigenvalue weighted by atomic mass is 10.1. The number of carbonyl (C=O) groups excluding carboxylic acids is 1. The van der Waals surface area contributed by atoms with Crippen LogP contribution in [-0.4, -0.2) is 26.6 Å². The van der Waals surface area contributed by atoms with E-state index in [2.05, 4.69) is 5.32 Å². The molecule has 0 heterocycles. The van der Waals surface area contributed by atoms with Crippen LogP contribution >= 0.6 is 0 Å². The quantitative estimate of drug-likeness (QED) is 0.701. The average molecular weight is 397 g/mol. The zero-order valence-electron chi connectivity index (χ0n) is 16.4. The molecular formula is C22H24N2O3S. The van der Waals surface area contributed by atoms with Gasteiger partial charge in [-0.05, 0) is 60.9 Å². The minimum atomic E-state index is -3.66. The maximum Gasteiger partial charge on any atom is 0.247 e. The highest BCUT2D eigenvalue weighted by atomic mass is 32.2. The van der Waals surface area contributed by atoms with Gasteiger partial charge in [0.1, 0.15) is 6.04 Å². The molecule has 0 fully saturated rings. The molecule has 3 aromatic rings. The second-order valence-electron chi connectivity index (χ2n) is 7.08. The fourth-order valence-electron chi connectivity index (χ4n) is 3.25. The van der Waals surface area contributed by atoms with Crippen molar-refractivity contribution < 1.29 is 13.2 Å². The van der Waals surface area contributed by atoms with E-state index in [-0.39, 0.29) is 5.91 Å². The van der Waals surface area contributed by atoms with Crippen molar-refractivity contribution in [3.8, 4) is 0 Å². The number of nitrogens with one attached hydrogen (secondary N) is 1. The fourth-order valence-corrected chi connectivity index (χ4v) is 4.48. The van der Waals surface area contributed by atoms with Gasteiger partial charge in [-0.15, -0.1) is 0 Å². The van der Waals surface area contributed by atoms with E-state index < -0.39 is 16.1 Å². The first-order valence-corrected chi connectivity index (χ1v) is 10.9. The molecule has 0 aliphatic heterocycles. The van der Waals surface area contributed by atoms with Crippen LogP contribution in [0.3, 0.4) is 0 Å². The molecule has 1 N–H and O–H groups in total. The van der Waals surface area contributed by atoms with Crippen molar-refractivity contribution in [1.29, 1.82) is 0 Å². The van der Waals surface area contributed by atoms with E-state index in [0.717, 1.165) is 28.2 Å². The molecule has 0 saturated heterocycles. The van der Waals surface area contributed by atoms with Crippen molar-refractivity contribution in [2.75, 3.05) is 15.9 Å². The molecule has 28 heavy (non-hydrogen) atoms. The van der Waals surface area contributed by atoms with Crippen molar-refractivity contribution in [1.82, 2.24) is 0 Å². The van der Waals surface area contributed by atoms with Crippen molar-refractivity contribution in [3.05, 3.63) is 71.8 Å². The first-order valence-electron chi connectivity index (χ1n) is 9.03. The molecule has 0 spiro atoms. The molecule has 146 valence electrons. The summed E-state index contributed by atoms with van der Waals surface area (Å²) < 4.78 is 26.2. The van der Waals surface area contributed by atoms with Crippen LogP contribution in [0.1, 0.15) is 18.1 Å². The van der Waals surface area contributed by atoms with Crippen LogP contribution in [-0.2, 0) is 14.8 Å². The molecule has 0 aliphatic carbocycles. The van der Waals surface area contributed by atoms with Gasteiger partial charge in [0, 0.05) is 5.69 Å². The van der Waals surface area contributed by atoms with Crippen LogP contribution in [0.2, 0.25) is 0 Å². The zero-order valence-corrected chi connectivity index (χ0v) is 17.2. The smallest absolute Gasteiger partial charge is 0.247 e. The first kappa shape index (κ1) is 19.9. The molecule has 1 atom stereocenters. The standard InChI is InChI=1S/C22H24N2O3S/c1-15-9-10-16(2)21(13-15)24(28(4,26)27)17(3)22(25)23-20-12-11-18-7-5-6-8-19(18)14-20/h5-14,17H,1-4H3,(H,23,25)/t17-/m1/s1. The Balaban J connectivity index is 1.92. The normalized spacial score (nSPS) is 12.6. The maximum absolute atomic E-state index is 12.9. The molecule has 0 aromatic heterocycles. The van der Waals surface area contributed by atoms with Crippen LogP contribution in [0.5, 0.6) is 0 Å². The highest BCUT2D eigenvalue weighted by molar-refractivity contribution is 7.92. The fraction of sp³-hybridized carbons (Fsp3) is 0.227. The minimum Gasteiger partial charge on any atom is -0.324 e. The highest BCUT2D eigenvalue weighted by Gasteiger charge is 2.30. The molecule has 1 amide bonds. The molecule has 0 saturated carbocycles. The molecule has 3 rings (SSSR count). The number of aryl methyl sites for hydroxylation is 2. The van der Waals surface area contributed by atoms with E-state index in [4.69, 9.17) is 0 Å². The maximum atomic E-state index is 12.9. The third-order valence-corrected chi connectivity index (χ3v) is 5.94. The van der Waals surface area contributed by atoms with Crippen molar-refractivity contribution in [3.63, 3.8) is 0 Å². The summed E-state index contributed by atoms with van der Waals surface area (Å²) in [4.78, 5) is 12.9. The molecule has 0 unspecified atom stereocenters. The summed E-state index contributed by atoms with van der Waals surface area (Å²) >= 11 is 0. The van der Waals surface area contributed by atoms with Crippen molar-refractivity contribution >= 4 is 38.1 Å². The number of sulfonamides is 1. The number of fused-ring (bicyclic) bond motifs is 1. The van der Waals surface area contributed by atoms with Gasteiger partial charge in [0.15, 0.2) is 0 Å². The summed E-state index contributed by atoms with van der Waals surface area (Å²) in [6.45, 7) is 5.32. The predicted octanol–water partition coefficient (Wildman–Crippen LogP) is 4.25. The number of anilines is 2. The van der Waals surface area contributed by atoms with Gasteiger partial charge in [-0.1, -0.05) is 42.5 Å². The SMILES string of the molecule is Cc1ccc(C)c(N([C@H](C)C(=O)Nc2ccc3ccccc3c2)S(C)(=O)=O)c1. The van der Waals surface area contributed by atoms with E-state index in [0.29, 0.717) is 11.4 Å². The van der Waals surface area contributed by atoms with Crippen LogP contribution < -0.4 is 9.62 Å². The Bertz CT molecular complexity index is 1140. The van der Waals surface area contributed by atoms with E-state index in [1.54, 1.807) is 13.0 Å². The molecule has 5 nitrogen and oxygen atoms in total. The lowest BCUT2D eigenvalue weighted by molar-refractivity contribution is -0.116. The summed E-state index contributed by atoms with van der Waals surface area (Å²) in [5.41, 5.74) is 2.87. The van der Waals surface area contributed by atoms with Crippen LogP contribution in [0.25, 0.3) is 10.8 Å². The van der Waals surface area contributed by atoms with Crippen molar-refractivity contribution in [2.24, 2.45) is 0 Å². The van der Waals surface area contributed by atoms with Crippen LogP contribution in [0.15, 0.2) is 60.7 Å². The van der Waals surface area contributed by atoms with Gasteiger partial charge >= 0.3 is 0 Å². The molecule has 0 aliphatic rings. The number of amides is 1. The Morgan fingerprint density at radius 2 is 1.64 bits per heavy atom. The number of hydrogen-bond acceptors (Lipinski definition) is 3. The lowest BCUT2D eigenvalue weighted by Crippen LogP contribution is -2.45. The Morgan fingerprint density at radius 1 is 0.964 bits per heavy atom. The monoisotopic (exact) mass is 396 g/mol. The van der Waals surface area contributed by atoms with Crippen LogP contribution in [0.4, 0.5) is 11.4 Å². The van der Waals surface area contributed by atoms with Gasteiger partial charge < -0.3 is 5.32 Å². The lowest BCUT2D eigenvalue weighted by Gasteiger charge is -2.29. The third-order valence-electron chi connectivity index (χ3n) is 4.71. The van der Waals surface area contributed by atoms with Gasteiger partial charge in [-0.2, -0.15) is 0 Å². The highest BCUT2D eigenvalue weighted by Crippen LogP contribution is 2.27. The summed E-state index contributed by atoms with van der Waals surface area (Å²) in [6, 6.07) is 18.1. The molecular weight excluding hydrogens is 372 g/mol. The third kappa shape index (κ3) is 4.17. The Labute approximate surface area is 166 Å². The Morgan fingerprint density at radius 3 is 2.32 bits per heavy atom. The van der Waals surface area contributed by atoms with Gasteiger partial charge in [-0.3, -0.25) is 9.10 Å². The van der Waals surface area contributed by atoms with Gasteiger partial charge in [0.2, 0.25) is 15.9 Å². The number of carbonyl (C=O) groups is 1. The number of nitrogens with zero attached hydrogens (tertiary/aromatic N) is 1. The first-order chi connectivity index (χ1) is 13.2. The summed E-state index contributed by atoms with van der Waals surface area (Å²) in [5.74, 6) is -0.387.